The van der Waals surface area contributed by atoms with E-state index in [1.807, 2.05) is 36.4 Å². The normalized spacial score (nSPS) is 16.8. The Morgan fingerprint density at radius 2 is 1.95 bits per heavy atom. The summed E-state index contributed by atoms with van der Waals surface area (Å²) in [5, 5.41) is 1.65. The molecule has 106 valence electrons. The lowest BCUT2D eigenvalue weighted by molar-refractivity contribution is 1.25. The minimum atomic E-state index is 0.715. The monoisotopic (exact) mass is 314 g/mol. The lowest BCUT2D eigenvalue weighted by Gasteiger charge is -2.19. The average Bonchev–Trinajstić information content (AvgIpc) is 2.82. The van der Waals surface area contributed by atoms with E-state index in [2.05, 4.69) is 30.5 Å². The quantitative estimate of drug-likeness (QED) is 0.737. The van der Waals surface area contributed by atoms with E-state index in [0.717, 1.165) is 28.0 Å². The lowest BCUT2D eigenvalue weighted by atomic mass is 10.2. The second-order valence-corrected chi connectivity index (χ2v) is 6.28. The third-order valence-electron chi connectivity index (χ3n) is 3.20. The van der Waals surface area contributed by atoms with E-state index in [9.17, 15) is 0 Å². The molecule has 0 aliphatic carbocycles. The zero-order chi connectivity index (χ0) is 14.8. The molecule has 0 atom stereocenters. The molecule has 0 unspecified atom stereocenters. The number of hydrogen-bond donors (Lipinski definition) is 0. The molecular weight excluding hydrogens is 300 g/mol. The van der Waals surface area contributed by atoms with Gasteiger partial charge in [-0.15, -0.1) is 0 Å². The summed E-state index contributed by atoms with van der Waals surface area (Å²) in [7, 11) is 0. The molecule has 4 heteroatoms. The fourth-order valence-electron chi connectivity index (χ4n) is 2.13. The van der Waals surface area contributed by atoms with Crippen LogP contribution in [0.3, 0.4) is 0 Å². The molecular formula is C17H15ClN2S. The van der Waals surface area contributed by atoms with Gasteiger partial charge in [-0.05, 0) is 37.3 Å². The van der Waals surface area contributed by atoms with Gasteiger partial charge in [0.1, 0.15) is 0 Å². The van der Waals surface area contributed by atoms with Crippen LogP contribution >= 0.6 is 23.4 Å². The molecule has 0 bridgehead atoms. The largest absolute Gasteiger partial charge is 0.293 e. The molecule has 1 saturated heterocycles. The summed E-state index contributed by atoms with van der Waals surface area (Å²) in [5.74, 6) is 0.844. The molecule has 0 radical (unpaired) electrons. The zero-order valence-electron chi connectivity index (χ0n) is 11.7. The van der Waals surface area contributed by atoms with Crippen LogP contribution < -0.4 is 4.90 Å². The molecule has 0 amide bonds. The second kappa shape index (κ2) is 5.96. The first kappa shape index (κ1) is 14.2. The number of nitrogens with zero attached hydrogens (tertiary/aromatic N) is 2. The molecule has 0 saturated carbocycles. The number of anilines is 1. The molecule has 1 fully saturated rings. The van der Waals surface area contributed by atoms with Gasteiger partial charge in [-0.3, -0.25) is 4.90 Å². The number of halogens is 1. The molecule has 1 aliphatic rings. The van der Waals surface area contributed by atoms with Gasteiger partial charge in [-0.1, -0.05) is 53.7 Å². The Kier molecular flexibility index (Phi) is 4.04. The van der Waals surface area contributed by atoms with E-state index < -0.39 is 0 Å². The molecule has 0 N–H and O–H groups in total. The first-order valence-corrected chi connectivity index (χ1v) is 8.01. The second-order valence-electron chi connectivity index (χ2n) is 4.90. The highest BCUT2D eigenvalue weighted by atomic mass is 35.5. The van der Waals surface area contributed by atoms with Crippen LogP contribution in [0.5, 0.6) is 0 Å². The highest BCUT2D eigenvalue weighted by molar-refractivity contribution is 8.14. The summed E-state index contributed by atoms with van der Waals surface area (Å²) in [4.78, 5) is 6.80. The van der Waals surface area contributed by atoms with E-state index in [0.29, 0.717) is 5.02 Å². The van der Waals surface area contributed by atoms with E-state index >= 15 is 0 Å². The molecule has 2 aromatic carbocycles. The molecule has 2 aromatic rings. The van der Waals surface area contributed by atoms with Gasteiger partial charge in [0.15, 0.2) is 5.17 Å². The van der Waals surface area contributed by atoms with Gasteiger partial charge in [0.05, 0.1) is 5.69 Å². The number of aliphatic imine (C=N–C) groups is 1. The lowest BCUT2D eigenvalue weighted by Crippen LogP contribution is -2.21. The molecule has 0 aromatic heterocycles. The molecule has 0 spiro atoms. The first-order chi connectivity index (χ1) is 10.1. The number of hydrogen-bond acceptors (Lipinski definition) is 2. The molecule has 21 heavy (non-hydrogen) atoms. The highest BCUT2D eigenvalue weighted by Crippen LogP contribution is 2.34. The van der Waals surface area contributed by atoms with Crippen LogP contribution in [0.15, 0.2) is 65.8 Å². The molecule has 3 rings (SSSR count). The number of rotatable bonds is 2. The standard InChI is InChI=1S/C17H15ClN2S/c1-12-6-8-15(9-7-12)19-17-20(13(2)11-21-17)16-5-3-4-14(18)10-16/h3-10H,2,11H2,1H3/b19-17-. The predicted molar refractivity (Wildman–Crippen MR) is 93.8 cm³/mol. The van der Waals surface area contributed by atoms with Gasteiger partial charge in [0.2, 0.25) is 0 Å². The van der Waals surface area contributed by atoms with Crippen molar-refractivity contribution in [2.75, 3.05) is 10.7 Å². The Labute approximate surface area is 134 Å². The van der Waals surface area contributed by atoms with Crippen LogP contribution in [0.4, 0.5) is 11.4 Å². The SMILES string of the molecule is C=C1CS/C(=N\c2ccc(C)cc2)N1c1cccc(Cl)c1. The summed E-state index contributed by atoms with van der Waals surface area (Å²) < 4.78 is 0. The Hall–Kier alpha value is -1.71. The number of amidine groups is 1. The van der Waals surface area contributed by atoms with Crippen molar-refractivity contribution >= 4 is 39.9 Å². The molecule has 1 heterocycles. The zero-order valence-corrected chi connectivity index (χ0v) is 13.3. The minimum absolute atomic E-state index is 0.715. The Balaban J connectivity index is 1.97. The van der Waals surface area contributed by atoms with Crippen molar-refractivity contribution in [2.24, 2.45) is 4.99 Å². The number of benzene rings is 2. The van der Waals surface area contributed by atoms with Crippen molar-refractivity contribution in [1.82, 2.24) is 0 Å². The van der Waals surface area contributed by atoms with Crippen LogP contribution in [0.2, 0.25) is 5.02 Å². The maximum absolute atomic E-state index is 6.09. The van der Waals surface area contributed by atoms with Crippen LogP contribution in [0, 0.1) is 6.92 Å². The maximum atomic E-state index is 6.09. The smallest absolute Gasteiger partial charge is 0.173 e. The van der Waals surface area contributed by atoms with Gasteiger partial charge in [-0.25, -0.2) is 4.99 Å². The Bertz CT molecular complexity index is 707. The maximum Gasteiger partial charge on any atom is 0.173 e. The van der Waals surface area contributed by atoms with E-state index in [1.54, 1.807) is 11.8 Å². The van der Waals surface area contributed by atoms with Crippen molar-refractivity contribution < 1.29 is 0 Å². The van der Waals surface area contributed by atoms with Crippen LogP contribution in [-0.4, -0.2) is 10.9 Å². The van der Waals surface area contributed by atoms with Gasteiger partial charge < -0.3 is 0 Å². The van der Waals surface area contributed by atoms with E-state index in [1.165, 1.54) is 5.56 Å². The number of thioether (sulfide) groups is 1. The third kappa shape index (κ3) is 3.14. The fraction of sp³-hybridized carbons (Fsp3) is 0.118. The summed E-state index contributed by atoms with van der Waals surface area (Å²) in [6.07, 6.45) is 0. The summed E-state index contributed by atoms with van der Waals surface area (Å²) in [6.45, 7) is 6.20. The number of aryl methyl sites for hydroxylation is 1. The Morgan fingerprint density at radius 1 is 1.19 bits per heavy atom. The van der Waals surface area contributed by atoms with Gasteiger partial charge in [0, 0.05) is 22.2 Å². The summed E-state index contributed by atoms with van der Waals surface area (Å²) in [6, 6.07) is 16.0. The average molecular weight is 315 g/mol. The van der Waals surface area contributed by atoms with Crippen molar-refractivity contribution in [3.05, 3.63) is 71.4 Å². The van der Waals surface area contributed by atoms with Crippen LogP contribution in [0.1, 0.15) is 5.56 Å². The van der Waals surface area contributed by atoms with Crippen LogP contribution in [0.25, 0.3) is 0 Å². The highest BCUT2D eigenvalue weighted by Gasteiger charge is 2.25. The topological polar surface area (TPSA) is 15.6 Å². The first-order valence-electron chi connectivity index (χ1n) is 6.65. The van der Waals surface area contributed by atoms with Crippen molar-refractivity contribution in [2.45, 2.75) is 6.92 Å². The minimum Gasteiger partial charge on any atom is -0.293 e. The van der Waals surface area contributed by atoms with Crippen molar-refractivity contribution in [3.8, 4) is 0 Å². The van der Waals surface area contributed by atoms with Gasteiger partial charge in [-0.2, -0.15) is 0 Å². The summed E-state index contributed by atoms with van der Waals surface area (Å²) >= 11 is 7.78. The fourth-order valence-corrected chi connectivity index (χ4v) is 3.28. The molecule has 2 nitrogen and oxygen atoms in total. The van der Waals surface area contributed by atoms with Gasteiger partial charge >= 0.3 is 0 Å². The third-order valence-corrected chi connectivity index (χ3v) is 4.45. The van der Waals surface area contributed by atoms with Crippen molar-refractivity contribution in [3.63, 3.8) is 0 Å². The predicted octanol–water partition coefficient (Wildman–Crippen LogP) is 5.40. The van der Waals surface area contributed by atoms with Crippen LogP contribution in [-0.2, 0) is 0 Å². The van der Waals surface area contributed by atoms with E-state index in [-0.39, 0.29) is 0 Å². The van der Waals surface area contributed by atoms with Gasteiger partial charge in [0.25, 0.3) is 0 Å². The Morgan fingerprint density at radius 3 is 2.67 bits per heavy atom. The van der Waals surface area contributed by atoms with E-state index in [4.69, 9.17) is 16.6 Å². The molecule has 1 aliphatic heterocycles. The van der Waals surface area contributed by atoms with Crippen molar-refractivity contribution in [1.29, 1.82) is 0 Å². The summed E-state index contributed by atoms with van der Waals surface area (Å²) in [5.41, 5.74) is 4.20.